The van der Waals surface area contributed by atoms with Crippen molar-refractivity contribution in [1.29, 1.82) is 0 Å². The van der Waals surface area contributed by atoms with Crippen molar-refractivity contribution in [3.05, 3.63) is 33.4 Å². The Bertz CT molecular complexity index is 674. The highest BCUT2D eigenvalue weighted by Gasteiger charge is 2.30. The number of halogens is 1. The second-order valence-electron chi connectivity index (χ2n) is 6.11. The lowest BCUT2D eigenvalue weighted by Gasteiger charge is -2.30. The lowest BCUT2D eigenvalue weighted by molar-refractivity contribution is -0.119. The largest absolute Gasteiger partial charge is 0.490 e. The van der Waals surface area contributed by atoms with Crippen molar-refractivity contribution in [2.75, 3.05) is 13.2 Å². The van der Waals surface area contributed by atoms with Gasteiger partial charge in [0.05, 0.1) is 19.3 Å². The first-order chi connectivity index (χ1) is 11.9. The summed E-state index contributed by atoms with van der Waals surface area (Å²) in [6.07, 6.45) is 0.591. The fraction of sp³-hybridized carbons (Fsp3) is 0.500. The Morgan fingerprint density at radius 3 is 2.40 bits per heavy atom. The Balaban J connectivity index is 2.42. The minimum atomic E-state index is -0.203. The molecule has 1 heterocycles. The second-order valence-corrected chi connectivity index (χ2v) is 6.96. The van der Waals surface area contributed by atoms with Crippen molar-refractivity contribution in [3.8, 4) is 11.5 Å². The van der Waals surface area contributed by atoms with Crippen molar-refractivity contribution < 1.29 is 14.3 Å². The van der Waals surface area contributed by atoms with Crippen LogP contribution in [-0.4, -0.2) is 19.1 Å². The Hall–Kier alpha value is -1.73. The molecule has 1 aliphatic heterocycles. The molecule has 0 radical (unpaired) electrons. The predicted molar refractivity (Wildman–Crippen MR) is 101 cm³/mol. The van der Waals surface area contributed by atoms with E-state index >= 15 is 0 Å². The third-order valence-corrected chi connectivity index (χ3v) is 4.76. The third-order valence-electron chi connectivity index (χ3n) is 4.07. The van der Waals surface area contributed by atoms with Gasteiger partial charge in [-0.05, 0) is 37.5 Å². The number of carbonyl (C=O) groups is 1. The van der Waals surface area contributed by atoms with Gasteiger partial charge in [-0.3, -0.25) is 10.6 Å². The standard InChI is InChI=1S/C18H26BrN3O3/c1-5-24-15-7-11(12(19)8-16(15)25-6-2)13-9-14(22-20)17(10(3)4)18(23)21-13/h7-8,10,13,22H,5-6,9,20H2,1-4H3,(H,21,23)/t13-/m1/s1. The molecule has 0 fully saturated rings. The van der Waals surface area contributed by atoms with Crippen LogP contribution in [0.5, 0.6) is 11.5 Å². The van der Waals surface area contributed by atoms with Gasteiger partial charge in [0.1, 0.15) is 0 Å². The van der Waals surface area contributed by atoms with Crippen LogP contribution in [-0.2, 0) is 4.79 Å². The van der Waals surface area contributed by atoms with Crippen molar-refractivity contribution in [3.63, 3.8) is 0 Å². The van der Waals surface area contributed by atoms with Crippen LogP contribution in [0.4, 0.5) is 0 Å². The molecule has 2 rings (SSSR count). The molecule has 0 bridgehead atoms. The number of amides is 1. The molecule has 138 valence electrons. The summed E-state index contributed by atoms with van der Waals surface area (Å²) in [6, 6.07) is 3.59. The molecule has 0 saturated carbocycles. The van der Waals surface area contributed by atoms with Gasteiger partial charge in [-0.25, -0.2) is 0 Å². The molecule has 1 aromatic rings. The first-order valence-corrected chi connectivity index (χ1v) is 9.31. The summed E-state index contributed by atoms with van der Waals surface area (Å²) < 4.78 is 12.2. The van der Waals surface area contributed by atoms with Crippen LogP contribution < -0.4 is 26.1 Å². The van der Waals surface area contributed by atoms with Gasteiger partial charge in [0, 0.05) is 22.2 Å². The quantitative estimate of drug-likeness (QED) is 0.473. The Morgan fingerprint density at radius 2 is 1.88 bits per heavy atom. The number of ether oxygens (including phenoxy) is 2. The van der Waals surface area contributed by atoms with Gasteiger partial charge in [-0.15, -0.1) is 0 Å². The van der Waals surface area contributed by atoms with Crippen LogP contribution in [0.15, 0.2) is 27.9 Å². The summed E-state index contributed by atoms with van der Waals surface area (Å²) >= 11 is 3.59. The zero-order chi connectivity index (χ0) is 18.6. The molecule has 0 spiro atoms. The minimum Gasteiger partial charge on any atom is -0.490 e. The van der Waals surface area contributed by atoms with Gasteiger partial charge in [0.2, 0.25) is 5.91 Å². The van der Waals surface area contributed by atoms with E-state index in [4.69, 9.17) is 15.3 Å². The summed E-state index contributed by atoms with van der Waals surface area (Å²) in [6.45, 7) is 8.89. The topological polar surface area (TPSA) is 85.6 Å². The number of benzene rings is 1. The number of hydrogen-bond acceptors (Lipinski definition) is 5. The van der Waals surface area contributed by atoms with Crippen LogP contribution in [0, 0.1) is 5.92 Å². The second kappa shape index (κ2) is 8.58. The Labute approximate surface area is 157 Å². The van der Waals surface area contributed by atoms with E-state index in [0.29, 0.717) is 36.7 Å². The van der Waals surface area contributed by atoms with Gasteiger partial charge in [-0.1, -0.05) is 29.8 Å². The first kappa shape index (κ1) is 19.6. The van der Waals surface area contributed by atoms with Gasteiger partial charge in [-0.2, -0.15) is 0 Å². The van der Waals surface area contributed by atoms with Gasteiger partial charge < -0.3 is 20.2 Å². The predicted octanol–water partition coefficient (Wildman–Crippen LogP) is 3.18. The number of nitrogens with two attached hydrogens (primary N) is 1. The monoisotopic (exact) mass is 411 g/mol. The van der Waals surface area contributed by atoms with Crippen LogP contribution in [0.25, 0.3) is 0 Å². The van der Waals surface area contributed by atoms with E-state index in [1.165, 1.54) is 0 Å². The maximum atomic E-state index is 12.5. The van der Waals surface area contributed by atoms with E-state index in [2.05, 4.69) is 26.7 Å². The summed E-state index contributed by atoms with van der Waals surface area (Å²) in [5.74, 6) is 7.01. The zero-order valence-electron chi connectivity index (χ0n) is 15.1. The average Bonchev–Trinajstić information content (AvgIpc) is 2.56. The summed E-state index contributed by atoms with van der Waals surface area (Å²) in [5, 5.41) is 3.07. The normalized spacial score (nSPS) is 17.6. The highest BCUT2D eigenvalue weighted by atomic mass is 79.9. The third kappa shape index (κ3) is 4.27. The molecular formula is C18H26BrN3O3. The summed E-state index contributed by atoms with van der Waals surface area (Å²) in [7, 11) is 0. The average molecular weight is 412 g/mol. The molecule has 0 saturated heterocycles. The molecular weight excluding hydrogens is 386 g/mol. The molecule has 1 atom stereocenters. The number of nitrogens with one attached hydrogen (secondary N) is 2. The van der Waals surface area contributed by atoms with Crippen molar-refractivity contribution in [2.24, 2.45) is 11.8 Å². The lowest BCUT2D eigenvalue weighted by Crippen LogP contribution is -2.41. The number of rotatable bonds is 7. The maximum absolute atomic E-state index is 12.5. The molecule has 4 N–H and O–H groups in total. The fourth-order valence-electron chi connectivity index (χ4n) is 3.03. The first-order valence-electron chi connectivity index (χ1n) is 8.52. The maximum Gasteiger partial charge on any atom is 0.249 e. The number of hydrazine groups is 1. The van der Waals surface area contributed by atoms with Crippen molar-refractivity contribution in [1.82, 2.24) is 10.7 Å². The molecule has 7 heteroatoms. The van der Waals surface area contributed by atoms with Gasteiger partial charge >= 0.3 is 0 Å². The van der Waals surface area contributed by atoms with Crippen molar-refractivity contribution in [2.45, 2.75) is 40.2 Å². The zero-order valence-corrected chi connectivity index (χ0v) is 16.7. The van der Waals surface area contributed by atoms with Crippen molar-refractivity contribution >= 4 is 21.8 Å². The summed E-state index contributed by atoms with van der Waals surface area (Å²) in [5.41, 5.74) is 5.10. The van der Waals surface area contributed by atoms with Crippen LogP contribution in [0.3, 0.4) is 0 Å². The molecule has 0 aromatic heterocycles. The lowest BCUT2D eigenvalue weighted by atomic mass is 9.90. The smallest absolute Gasteiger partial charge is 0.249 e. The van der Waals surface area contributed by atoms with E-state index in [-0.39, 0.29) is 17.9 Å². The van der Waals surface area contributed by atoms with Crippen LogP contribution >= 0.6 is 15.9 Å². The van der Waals surface area contributed by atoms with E-state index in [1.54, 1.807) is 0 Å². The number of hydrogen-bond donors (Lipinski definition) is 3. The molecule has 1 aromatic carbocycles. The molecule has 1 amide bonds. The molecule has 0 aliphatic carbocycles. The molecule has 25 heavy (non-hydrogen) atoms. The van der Waals surface area contributed by atoms with Crippen LogP contribution in [0.2, 0.25) is 0 Å². The molecule has 6 nitrogen and oxygen atoms in total. The molecule has 0 unspecified atom stereocenters. The van der Waals surface area contributed by atoms with E-state index in [1.807, 2.05) is 39.8 Å². The van der Waals surface area contributed by atoms with E-state index in [9.17, 15) is 4.79 Å². The Morgan fingerprint density at radius 1 is 1.28 bits per heavy atom. The van der Waals surface area contributed by atoms with Crippen LogP contribution in [0.1, 0.15) is 45.7 Å². The SMILES string of the molecule is CCOc1cc(Br)c([C@H]2CC(NN)=C(C(C)C)C(=O)N2)cc1OCC. The highest BCUT2D eigenvalue weighted by Crippen LogP contribution is 2.39. The Kier molecular flexibility index (Phi) is 6.72. The van der Waals surface area contributed by atoms with Gasteiger partial charge in [0.15, 0.2) is 11.5 Å². The van der Waals surface area contributed by atoms with E-state index in [0.717, 1.165) is 15.7 Å². The highest BCUT2D eigenvalue weighted by molar-refractivity contribution is 9.10. The molecule has 1 aliphatic rings. The minimum absolute atomic E-state index is 0.0924. The summed E-state index contributed by atoms with van der Waals surface area (Å²) in [4.78, 5) is 12.5. The van der Waals surface area contributed by atoms with Gasteiger partial charge in [0.25, 0.3) is 0 Å². The van der Waals surface area contributed by atoms with E-state index < -0.39 is 0 Å². The fourth-order valence-corrected chi connectivity index (χ4v) is 3.63. The number of carbonyl (C=O) groups excluding carboxylic acids is 1.